The molecule has 0 aliphatic carbocycles. The van der Waals surface area contributed by atoms with Gasteiger partial charge >= 0.3 is 0 Å². The smallest absolute Gasteiger partial charge is 0.0992 e. The zero-order valence-corrected chi connectivity index (χ0v) is 12.3. The van der Waals surface area contributed by atoms with Gasteiger partial charge in [0.05, 0.1) is 15.2 Å². The van der Waals surface area contributed by atoms with Gasteiger partial charge in [-0.15, -0.1) is 11.3 Å². The van der Waals surface area contributed by atoms with Crippen molar-refractivity contribution in [2.45, 2.75) is 26.2 Å². The van der Waals surface area contributed by atoms with E-state index in [-0.39, 0.29) is 5.41 Å². The molecule has 0 atom stereocenters. The van der Waals surface area contributed by atoms with Crippen LogP contribution in [0.1, 0.15) is 25.8 Å². The molecule has 0 N–H and O–H groups in total. The Morgan fingerprint density at radius 1 is 0.895 bits per heavy atom. The van der Waals surface area contributed by atoms with E-state index in [4.69, 9.17) is 4.98 Å². The lowest BCUT2D eigenvalue weighted by Gasteiger charge is -2.13. The highest BCUT2D eigenvalue weighted by atomic mass is 32.1. The molecule has 2 aromatic carbocycles. The molecular formula is C17H17NS. The van der Waals surface area contributed by atoms with Crippen molar-refractivity contribution >= 4 is 21.6 Å². The molecule has 0 bridgehead atoms. The number of nitrogens with zero attached hydrogens (tertiary/aromatic N) is 1. The van der Waals surface area contributed by atoms with E-state index < -0.39 is 0 Å². The minimum atomic E-state index is 0.109. The molecule has 0 amide bonds. The van der Waals surface area contributed by atoms with Gasteiger partial charge < -0.3 is 0 Å². The van der Waals surface area contributed by atoms with Crippen LogP contribution in [0.3, 0.4) is 0 Å². The van der Waals surface area contributed by atoms with Crippen LogP contribution in [0.5, 0.6) is 0 Å². The van der Waals surface area contributed by atoms with Crippen LogP contribution in [-0.4, -0.2) is 4.98 Å². The predicted octanol–water partition coefficient (Wildman–Crippen LogP) is 5.26. The zero-order valence-electron chi connectivity index (χ0n) is 11.5. The van der Waals surface area contributed by atoms with Crippen LogP contribution in [-0.2, 0) is 5.41 Å². The Morgan fingerprint density at radius 3 is 2.32 bits per heavy atom. The molecule has 3 aromatic rings. The van der Waals surface area contributed by atoms with E-state index >= 15 is 0 Å². The largest absolute Gasteiger partial charge is 0.240 e. The molecule has 1 heterocycles. The van der Waals surface area contributed by atoms with E-state index in [1.54, 1.807) is 11.3 Å². The third kappa shape index (κ3) is 2.28. The van der Waals surface area contributed by atoms with Crippen LogP contribution in [0, 0.1) is 0 Å². The maximum Gasteiger partial charge on any atom is 0.0992 e. The Hall–Kier alpha value is -1.67. The van der Waals surface area contributed by atoms with Crippen LogP contribution >= 0.6 is 11.3 Å². The molecule has 0 saturated heterocycles. The normalized spacial score (nSPS) is 11.9. The maximum atomic E-state index is 4.88. The summed E-state index contributed by atoms with van der Waals surface area (Å²) in [7, 11) is 0. The minimum absolute atomic E-state index is 0.109. The van der Waals surface area contributed by atoms with Gasteiger partial charge in [-0.05, 0) is 11.6 Å². The molecule has 1 nitrogen and oxygen atoms in total. The summed E-state index contributed by atoms with van der Waals surface area (Å²) in [5.41, 5.74) is 3.70. The van der Waals surface area contributed by atoms with Crippen molar-refractivity contribution < 1.29 is 0 Å². The van der Waals surface area contributed by atoms with Gasteiger partial charge in [0.1, 0.15) is 0 Å². The Kier molecular flexibility index (Phi) is 2.90. The van der Waals surface area contributed by atoms with Crippen LogP contribution in [0.15, 0.2) is 48.5 Å². The van der Waals surface area contributed by atoms with Crippen LogP contribution in [0.2, 0.25) is 0 Å². The Balaban J connectivity index is 2.24. The van der Waals surface area contributed by atoms with Gasteiger partial charge in [-0.1, -0.05) is 63.2 Å². The highest BCUT2D eigenvalue weighted by molar-refractivity contribution is 7.18. The lowest BCUT2D eigenvalue weighted by atomic mass is 9.98. The van der Waals surface area contributed by atoms with Gasteiger partial charge in [-0.3, -0.25) is 0 Å². The summed E-state index contributed by atoms with van der Waals surface area (Å²) in [4.78, 5) is 4.88. The molecule has 0 aliphatic rings. The lowest BCUT2D eigenvalue weighted by molar-refractivity contribution is 0.587. The van der Waals surface area contributed by atoms with Crippen molar-refractivity contribution in [1.29, 1.82) is 0 Å². The summed E-state index contributed by atoms with van der Waals surface area (Å²) < 4.78 is 1.27. The predicted molar refractivity (Wildman–Crippen MR) is 83.8 cm³/mol. The van der Waals surface area contributed by atoms with E-state index in [2.05, 4.69) is 63.2 Å². The van der Waals surface area contributed by atoms with E-state index in [1.807, 2.05) is 6.07 Å². The van der Waals surface area contributed by atoms with Gasteiger partial charge in [-0.2, -0.15) is 0 Å². The van der Waals surface area contributed by atoms with Crippen molar-refractivity contribution in [3.8, 4) is 11.1 Å². The summed E-state index contributed by atoms with van der Waals surface area (Å²) in [6.45, 7) is 6.65. The average molecular weight is 267 g/mol. The number of benzene rings is 2. The Labute approximate surface area is 117 Å². The number of para-hydroxylation sites is 1. The van der Waals surface area contributed by atoms with Crippen LogP contribution < -0.4 is 0 Å². The van der Waals surface area contributed by atoms with Crippen molar-refractivity contribution in [2.24, 2.45) is 0 Å². The van der Waals surface area contributed by atoms with Gasteiger partial charge in [0.2, 0.25) is 0 Å². The standard InChI is InChI=1S/C17H17NS/c1-17(2,3)16-18-15-13(10-7-11-14(15)19-16)12-8-5-4-6-9-12/h4-11H,1-3H3. The fourth-order valence-corrected chi connectivity index (χ4v) is 3.17. The monoisotopic (exact) mass is 267 g/mol. The molecule has 3 rings (SSSR count). The fraction of sp³-hybridized carbons (Fsp3) is 0.235. The van der Waals surface area contributed by atoms with Crippen molar-refractivity contribution in [3.05, 3.63) is 53.5 Å². The Morgan fingerprint density at radius 2 is 1.63 bits per heavy atom. The first kappa shape index (κ1) is 12.4. The summed E-state index contributed by atoms with van der Waals surface area (Å²) in [6, 6.07) is 16.9. The topological polar surface area (TPSA) is 12.9 Å². The first-order chi connectivity index (χ1) is 9.05. The average Bonchev–Trinajstić information content (AvgIpc) is 2.83. The number of fused-ring (bicyclic) bond motifs is 1. The fourth-order valence-electron chi connectivity index (χ4n) is 2.12. The van der Waals surface area contributed by atoms with Gasteiger partial charge in [0.15, 0.2) is 0 Å². The SMILES string of the molecule is CC(C)(C)c1nc2c(-c3ccccc3)cccc2s1. The molecule has 0 radical (unpaired) electrons. The molecule has 0 fully saturated rings. The zero-order chi connectivity index (χ0) is 13.5. The van der Waals surface area contributed by atoms with Crippen molar-refractivity contribution in [2.75, 3.05) is 0 Å². The van der Waals surface area contributed by atoms with Crippen LogP contribution in [0.4, 0.5) is 0 Å². The molecule has 96 valence electrons. The molecule has 1 aromatic heterocycles. The summed E-state index contributed by atoms with van der Waals surface area (Å²) in [5, 5.41) is 1.20. The van der Waals surface area contributed by atoms with Crippen molar-refractivity contribution in [1.82, 2.24) is 4.98 Å². The summed E-state index contributed by atoms with van der Waals surface area (Å²) in [5.74, 6) is 0. The second-order valence-corrected chi connectivity index (χ2v) is 6.82. The number of thiazole rings is 1. The molecule has 19 heavy (non-hydrogen) atoms. The van der Waals surface area contributed by atoms with Gasteiger partial charge in [0.25, 0.3) is 0 Å². The van der Waals surface area contributed by atoms with E-state index in [0.29, 0.717) is 0 Å². The maximum absolute atomic E-state index is 4.88. The highest BCUT2D eigenvalue weighted by Crippen LogP contribution is 2.35. The lowest BCUT2D eigenvalue weighted by Crippen LogP contribution is -2.09. The molecule has 0 saturated carbocycles. The number of rotatable bonds is 1. The first-order valence-electron chi connectivity index (χ1n) is 6.51. The molecule has 2 heteroatoms. The molecule has 0 unspecified atom stereocenters. The van der Waals surface area contributed by atoms with Crippen molar-refractivity contribution in [3.63, 3.8) is 0 Å². The number of hydrogen-bond acceptors (Lipinski definition) is 2. The summed E-state index contributed by atoms with van der Waals surface area (Å²) >= 11 is 1.80. The number of hydrogen-bond donors (Lipinski definition) is 0. The third-order valence-corrected chi connectivity index (χ3v) is 4.59. The van der Waals surface area contributed by atoms with E-state index in [9.17, 15) is 0 Å². The third-order valence-electron chi connectivity index (χ3n) is 3.15. The highest BCUT2D eigenvalue weighted by Gasteiger charge is 2.19. The first-order valence-corrected chi connectivity index (χ1v) is 7.33. The second-order valence-electron chi connectivity index (χ2n) is 5.79. The minimum Gasteiger partial charge on any atom is -0.240 e. The van der Waals surface area contributed by atoms with E-state index in [1.165, 1.54) is 20.8 Å². The number of aromatic nitrogens is 1. The molecular weight excluding hydrogens is 250 g/mol. The molecule has 0 spiro atoms. The Bertz CT molecular complexity index is 705. The quantitative estimate of drug-likeness (QED) is 0.586. The summed E-state index contributed by atoms with van der Waals surface area (Å²) in [6.07, 6.45) is 0. The van der Waals surface area contributed by atoms with E-state index in [0.717, 1.165) is 5.52 Å². The second kappa shape index (κ2) is 4.46. The van der Waals surface area contributed by atoms with Crippen LogP contribution in [0.25, 0.3) is 21.3 Å². The molecule has 0 aliphatic heterocycles. The van der Waals surface area contributed by atoms with Gasteiger partial charge in [-0.25, -0.2) is 4.98 Å². The van der Waals surface area contributed by atoms with Gasteiger partial charge in [0, 0.05) is 11.0 Å².